The molecule has 0 atom stereocenters. The molecule has 14 heavy (non-hydrogen) atoms. The van der Waals surface area contributed by atoms with Gasteiger partial charge in [0.15, 0.2) is 5.69 Å². The van der Waals surface area contributed by atoms with E-state index in [1.165, 1.54) is 11.6 Å². The fourth-order valence-electron chi connectivity index (χ4n) is 1.21. The Bertz CT molecular complexity index is 399. The van der Waals surface area contributed by atoms with E-state index in [1.807, 2.05) is 0 Å². The first-order valence-corrected chi connectivity index (χ1v) is 4.28. The number of nitro groups is 1. The van der Waals surface area contributed by atoms with E-state index in [1.54, 1.807) is 6.92 Å². The van der Waals surface area contributed by atoms with E-state index in [-0.39, 0.29) is 17.1 Å². The molecule has 0 amide bonds. The second kappa shape index (κ2) is 3.75. The molecular formula is C7H8ClN3O3. The van der Waals surface area contributed by atoms with Crippen LogP contribution in [0.15, 0.2) is 0 Å². The van der Waals surface area contributed by atoms with E-state index in [0.717, 1.165) is 0 Å². The molecule has 6 nitrogen and oxygen atoms in total. The van der Waals surface area contributed by atoms with Crippen LogP contribution in [-0.4, -0.2) is 19.9 Å². The summed E-state index contributed by atoms with van der Waals surface area (Å²) < 4.78 is 1.23. The molecule has 1 aromatic heterocycles. The standard InChI is InChI=1S/C7H8ClN3O3/c1-3-10-6(7(8)12)5(11(13)14)4(2)9-10/h3H2,1-2H3. The third-order valence-corrected chi connectivity index (χ3v) is 1.94. The Balaban J connectivity index is 3.46. The molecule has 0 aliphatic heterocycles. The first kappa shape index (κ1) is 10.6. The molecule has 0 aliphatic carbocycles. The molecule has 0 fully saturated rings. The zero-order valence-corrected chi connectivity index (χ0v) is 8.41. The largest absolute Gasteiger partial charge is 0.322 e. The van der Waals surface area contributed by atoms with Gasteiger partial charge in [0.25, 0.3) is 5.24 Å². The molecule has 1 heterocycles. The lowest BCUT2D eigenvalue weighted by Gasteiger charge is -1.97. The first-order valence-electron chi connectivity index (χ1n) is 3.90. The van der Waals surface area contributed by atoms with E-state index in [9.17, 15) is 14.9 Å². The fraction of sp³-hybridized carbons (Fsp3) is 0.429. The van der Waals surface area contributed by atoms with Crippen LogP contribution in [-0.2, 0) is 6.54 Å². The Morgan fingerprint density at radius 2 is 2.29 bits per heavy atom. The molecule has 0 saturated carbocycles. The van der Waals surface area contributed by atoms with Crippen molar-refractivity contribution in [2.45, 2.75) is 20.4 Å². The summed E-state index contributed by atoms with van der Waals surface area (Å²) in [5.41, 5.74) is -0.274. The Labute approximate surface area is 84.6 Å². The molecule has 1 aromatic rings. The van der Waals surface area contributed by atoms with Crippen molar-refractivity contribution < 1.29 is 9.72 Å². The summed E-state index contributed by atoms with van der Waals surface area (Å²) in [6.07, 6.45) is 0. The van der Waals surface area contributed by atoms with Gasteiger partial charge in [-0.15, -0.1) is 0 Å². The number of aromatic nitrogens is 2. The number of aryl methyl sites for hydroxylation is 2. The summed E-state index contributed by atoms with van der Waals surface area (Å²) in [5.74, 6) is 0. The predicted molar refractivity (Wildman–Crippen MR) is 49.5 cm³/mol. The quantitative estimate of drug-likeness (QED) is 0.437. The van der Waals surface area contributed by atoms with Crippen LogP contribution in [0.25, 0.3) is 0 Å². The molecule has 0 aliphatic rings. The maximum Gasteiger partial charge on any atom is 0.322 e. The van der Waals surface area contributed by atoms with Crippen LogP contribution in [0.1, 0.15) is 23.1 Å². The highest BCUT2D eigenvalue weighted by Crippen LogP contribution is 2.24. The molecule has 7 heteroatoms. The number of nitrogens with zero attached hydrogens (tertiary/aromatic N) is 3. The average Bonchev–Trinajstić information content (AvgIpc) is 2.41. The second-order valence-corrected chi connectivity index (χ2v) is 2.97. The minimum absolute atomic E-state index is 0.156. The van der Waals surface area contributed by atoms with E-state index < -0.39 is 10.2 Å². The summed E-state index contributed by atoms with van der Waals surface area (Å²) in [6.45, 7) is 3.55. The summed E-state index contributed by atoms with van der Waals surface area (Å²) in [4.78, 5) is 20.9. The number of rotatable bonds is 3. The van der Waals surface area contributed by atoms with Gasteiger partial charge < -0.3 is 0 Å². The lowest BCUT2D eigenvalue weighted by molar-refractivity contribution is -0.385. The number of carbonyl (C=O) groups excluding carboxylic acids is 1. The first-order chi connectivity index (χ1) is 6.49. The monoisotopic (exact) mass is 217 g/mol. The van der Waals surface area contributed by atoms with Crippen molar-refractivity contribution >= 4 is 22.5 Å². The lowest BCUT2D eigenvalue weighted by atomic mass is 10.3. The van der Waals surface area contributed by atoms with Gasteiger partial charge in [-0.25, -0.2) is 0 Å². The maximum absolute atomic E-state index is 11.0. The van der Waals surface area contributed by atoms with Crippen molar-refractivity contribution in [3.8, 4) is 0 Å². The molecule has 0 N–H and O–H groups in total. The number of hydrogen-bond donors (Lipinski definition) is 0. The molecule has 0 unspecified atom stereocenters. The second-order valence-electron chi connectivity index (χ2n) is 2.63. The van der Waals surface area contributed by atoms with Crippen molar-refractivity contribution in [2.75, 3.05) is 0 Å². The normalized spacial score (nSPS) is 10.2. The summed E-state index contributed by atoms with van der Waals surface area (Å²) in [6, 6.07) is 0. The van der Waals surface area contributed by atoms with Crippen LogP contribution in [0, 0.1) is 17.0 Å². The Kier molecular flexibility index (Phi) is 2.85. The van der Waals surface area contributed by atoms with Crippen LogP contribution in [0.5, 0.6) is 0 Å². The molecule has 0 aromatic carbocycles. The van der Waals surface area contributed by atoms with E-state index in [4.69, 9.17) is 11.6 Å². The van der Waals surface area contributed by atoms with Crippen molar-refractivity contribution in [3.05, 3.63) is 21.5 Å². The van der Waals surface area contributed by atoms with Gasteiger partial charge in [0.2, 0.25) is 0 Å². The Hall–Kier alpha value is -1.43. The van der Waals surface area contributed by atoms with Crippen LogP contribution in [0.3, 0.4) is 0 Å². The topological polar surface area (TPSA) is 78.0 Å². The third-order valence-electron chi connectivity index (χ3n) is 1.76. The van der Waals surface area contributed by atoms with Gasteiger partial charge in [-0.05, 0) is 25.4 Å². The van der Waals surface area contributed by atoms with Gasteiger partial charge in [-0.2, -0.15) is 5.10 Å². The Morgan fingerprint density at radius 1 is 1.71 bits per heavy atom. The highest BCUT2D eigenvalue weighted by molar-refractivity contribution is 6.68. The number of halogens is 1. The summed E-state index contributed by atoms with van der Waals surface area (Å²) in [5, 5.41) is 13.6. The van der Waals surface area contributed by atoms with Crippen molar-refractivity contribution in [1.82, 2.24) is 9.78 Å². The van der Waals surface area contributed by atoms with Crippen LogP contribution >= 0.6 is 11.6 Å². The van der Waals surface area contributed by atoms with Gasteiger partial charge >= 0.3 is 5.69 Å². The Morgan fingerprint density at radius 3 is 2.64 bits per heavy atom. The molecule has 0 bridgehead atoms. The number of carbonyl (C=O) groups is 1. The molecule has 0 radical (unpaired) electrons. The highest BCUT2D eigenvalue weighted by atomic mass is 35.5. The van der Waals surface area contributed by atoms with Crippen LogP contribution < -0.4 is 0 Å². The van der Waals surface area contributed by atoms with Gasteiger partial charge in [0.05, 0.1) is 4.92 Å². The van der Waals surface area contributed by atoms with Crippen molar-refractivity contribution in [1.29, 1.82) is 0 Å². The minimum atomic E-state index is -0.862. The van der Waals surface area contributed by atoms with Gasteiger partial charge in [0.1, 0.15) is 5.69 Å². The average molecular weight is 218 g/mol. The minimum Gasteiger partial charge on any atom is -0.274 e. The van der Waals surface area contributed by atoms with Gasteiger partial charge in [-0.1, -0.05) is 0 Å². The SMILES string of the molecule is CCn1nc(C)c([N+](=O)[O-])c1C(=O)Cl. The van der Waals surface area contributed by atoms with Gasteiger partial charge in [-0.3, -0.25) is 19.6 Å². The fourth-order valence-corrected chi connectivity index (χ4v) is 1.40. The highest BCUT2D eigenvalue weighted by Gasteiger charge is 2.28. The number of hydrogen-bond acceptors (Lipinski definition) is 4. The molecule has 0 spiro atoms. The summed E-state index contributed by atoms with van der Waals surface area (Å²) in [7, 11) is 0. The molecular weight excluding hydrogens is 210 g/mol. The van der Waals surface area contributed by atoms with Crippen LogP contribution in [0.2, 0.25) is 0 Å². The van der Waals surface area contributed by atoms with Crippen LogP contribution in [0.4, 0.5) is 5.69 Å². The van der Waals surface area contributed by atoms with E-state index >= 15 is 0 Å². The zero-order valence-electron chi connectivity index (χ0n) is 7.65. The molecule has 76 valence electrons. The maximum atomic E-state index is 11.0. The zero-order chi connectivity index (χ0) is 10.9. The van der Waals surface area contributed by atoms with Crippen molar-refractivity contribution in [3.63, 3.8) is 0 Å². The van der Waals surface area contributed by atoms with E-state index in [0.29, 0.717) is 6.54 Å². The summed E-state index contributed by atoms with van der Waals surface area (Å²) >= 11 is 5.25. The molecule has 0 saturated heterocycles. The van der Waals surface area contributed by atoms with Crippen molar-refractivity contribution in [2.24, 2.45) is 0 Å². The predicted octanol–water partition coefficient (Wildman–Crippen LogP) is 1.50. The smallest absolute Gasteiger partial charge is 0.274 e. The lowest BCUT2D eigenvalue weighted by Crippen LogP contribution is -2.06. The molecule has 1 rings (SSSR count). The third kappa shape index (κ3) is 1.60. The van der Waals surface area contributed by atoms with Gasteiger partial charge in [0, 0.05) is 6.54 Å². The van der Waals surface area contributed by atoms with E-state index in [2.05, 4.69) is 5.10 Å².